The number of nitrogens with zero attached hydrogens (tertiary/aromatic N) is 1. The largest absolute Gasteiger partial charge is 0.411 e. The normalized spacial score (nSPS) is 50.3. The zero-order valence-electron chi connectivity index (χ0n) is 8.41. The van der Waals surface area contributed by atoms with Crippen molar-refractivity contribution in [3.8, 4) is 0 Å². The molecule has 3 nitrogen and oxygen atoms in total. The molecule has 0 aromatic rings. The van der Waals surface area contributed by atoms with Gasteiger partial charge in [0.2, 0.25) is 0 Å². The van der Waals surface area contributed by atoms with E-state index in [-0.39, 0.29) is 11.3 Å². The van der Waals surface area contributed by atoms with Crippen LogP contribution in [0.5, 0.6) is 0 Å². The summed E-state index contributed by atoms with van der Waals surface area (Å²) in [5, 5.41) is 22.2. The molecular weight excluding hydrogens is 166 g/mol. The van der Waals surface area contributed by atoms with Crippen LogP contribution in [-0.2, 0) is 0 Å². The number of oxime groups is 1. The van der Waals surface area contributed by atoms with Crippen LogP contribution in [0.25, 0.3) is 0 Å². The average Bonchev–Trinajstić information content (AvgIpc) is 2.01. The number of fused-ring (bicyclic) bond motifs is 2. The molecule has 0 spiro atoms. The maximum atomic E-state index is 10.2. The number of aliphatic hydroxyl groups is 1. The molecule has 3 fully saturated rings. The van der Waals surface area contributed by atoms with Crippen molar-refractivity contribution < 1.29 is 10.3 Å². The van der Waals surface area contributed by atoms with Gasteiger partial charge in [0.25, 0.3) is 0 Å². The third kappa shape index (κ3) is 0.909. The Hall–Kier alpha value is -0.570. The van der Waals surface area contributed by atoms with Gasteiger partial charge in [-0.15, -0.1) is 0 Å². The molecule has 0 unspecified atom stereocenters. The molecule has 0 amide bonds. The van der Waals surface area contributed by atoms with Crippen LogP contribution in [0.15, 0.2) is 5.16 Å². The maximum absolute atomic E-state index is 10.2. The summed E-state index contributed by atoms with van der Waals surface area (Å²) in [5.74, 6) is 0.841. The SMILES string of the molecule is CC1(C)[C@H]2C/C(=N/O)[C@](C)(O)[C@H]1C2. The van der Waals surface area contributed by atoms with Crippen LogP contribution in [0.4, 0.5) is 0 Å². The minimum absolute atomic E-state index is 0.206. The standard InChI is InChI=1S/C10H17NO2/c1-9(2)6-4-7(9)10(3,12)8(5-6)11-13/h6-7,12-13H,4-5H2,1-3H3/b11-8-/t6-,7+,10-/m1/s1. The summed E-state index contributed by atoms with van der Waals surface area (Å²) in [6.07, 6.45) is 1.81. The minimum Gasteiger partial charge on any atom is -0.411 e. The maximum Gasteiger partial charge on any atom is 0.106 e. The Kier molecular flexibility index (Phi) is 1.57. The number of rotatable bonds is 0. The van der Waals surface area contributed by atoms with Crippen LogP contribution < -0.4 is 0 Å². The predicted octanol–water partition coefficient (Wildman–Crippen LogP) is 1.63. The summed E-state index contributed by atoms with van der Waals surface area (Å²) < 4.78 is 0. The zero-order chi connectivity index (χ0) is 9.85. The highest BCUT2D eigenvalue weighted by Crippen LogP contribution is 2.61. The molecule has 3 heteroatoms. The van der Waals surface area contributed by atoms with Gasteiger partial charge in [-0.25, -0.2) is 0 Å². The Morgan fingerprint density at radius 3 is 2.38 bits per heavy atom. The Balaban J connectivity index is 2.34. The third-order valence-corrected chi connectivity index (χ3v) is 4.29. The Morgan fingerprint density at radius 2 is 2.00 bits per heavy atom. The zero-order valence-corrected chi connectivity index (χ0v) is 8.41. The topological polar surface area (TPSA) is 52.8 Å². The van der Waals surface area contributed by atoms with E-state index in [9.17, 15) is 5.11 Å². The highest BCUT2D eigenvalue weighted by atomic mass is 16.4. The summed E-state index contributed by atoms with van der Waals surface area (Å²) in [4.78, 5) is 0. The third-order valence-electron chi connectivity index (χ3n) is 4.29. The fourth-order valence-corrected chi connectivity index (χ4v) is 3.10. The molecule has 0 aromatic carbocycles. The lowest BCUT2D eigenvalue weighted by Gasteiger charge is -2.62. The molecule has 3 saturated carbocycles. The molecule has 3 aliphatic rings. The van der Waals surface area contributed by atoms with Gasteiger partial charge >= 0.3 is 0 Å². The Bertz CT molecular complexity index is 268. The van der Waals surface area contributed by atoms with Crippen molar-refractivity contribution in [2.45, 2.75) is 39.2 Å². The average molecular weight is 183 g/mol. The van der Waals surface area contributed by atoms with Crippen molar-refractivity contribution in [2.75, 3.05) is 0 Å². The van der Waals surface area contributed by atoms with Crippen LogP contribution in [0.1, 0.15) is 33.6 Å². The van der Waals surface area contributed by atoms with Gasteiger partial charge in [-0.2, -0.15) is 0 Å². The van der Waals surface area contributed by atoms with Gasteiger partial charge in [0, 0.05) is 0 Å². The smallest absolute Gasteiger partial charge is 0.106 e. The van der Waals surface area contributed by atoms with E-state index < -0.39 is 5.60 Å². The van der Waals surface area contributed by atoms with Crippen LogP contribution >= 0.6 is 0 Å². The van der Waals surface area contributed by atoms with Gasteiger partial charge in [0.05, 0.1) is 5.71 Å². The molecule has 3 rings (SSSR count). The fraction of sp³-hybridized carbons (Fsp3) is 0.900. The first-order valence-corrected chi connectivity index (χ1v) is 4.84. The Labute approximate surface area is 78.4 Å². The van der Waals surface area contributed by atoms with Gasteiger partial charge in [-0.3, -0.25) is 0 Å². The number of hydrogen-bond donors (Lipinski definition) is 2. The van der Waals surface area contributed by atoms with Crippen molar-refractivity contribution in [3.63, 3.8) is 0 Å². The predicted molar refractivity (Wildman–Crippen MR) is 49.8 cm³/mol. The van der Waals surface area contributed by atoms with E-state index in [2.05, 4.69) is 19.0 Å². The van der Waals surface area contributed by atoms with E-state index >= 15 is 0 Å². The van der Waals surface area contributed by atoms with E-state index in [1.165, 1.54) is 0 Å². The van der Waals surface area contributed by atoms with E-state index in [0.29, 0.717) is 11.6 Å². The summed E-state index contributed by atoms with van der Waals surface area (Å²) in [6, 6.07) is 0. The van der Waals surface area contributed by atoms with Crippen molar-refractivity contribution in [2.24, 2.45) is 22.4 Å². The van der Waals surface area contributed by atoms with Crippen molar-refractivity contribution >= 4 is 5.71 Å². The van der Waals surface area contributed by atoms with E-state index in [0.717, 1.165) is 12.8 Å². The van der Waals surface area contributed by atoms with E-state index in [1.807, 2.05) is 0 Å². The second kappa shape index (κ2) is 2.27. The highest BCUT2D eigenvalue weighted by Gasteiger charge is 2.61. The highest BCUT2D eigenvalue weighted by molar-refractivity contribution is 5.94. The molecule has 0 aromatic heterocycles. The molecule has 2 N–H and O–H groups in total. The second-order valence-corrected chi connectivity index (χ2v) is 5.20. The lowest BCUT2D eigenvalue weighted by molar-refractivity contribution is -0.135. The first kappa shape index (κ1) is 9.00. The molecule has 3 atom stereocenters. The monoisotopic (exact) mass is 183 g/mol. The molecular formula is C10H17NO2. The second-order valence-electron chi connectivity index (χ2n) is 5.20. The Morgan fingerprint density at radius 1 is 1.38 bits per heavy atom. The first-order valence-electron chi connectivity index (χ1n) is 4.84. The molecule has 2 bridgehead atoms. The lowest BCUT2D eigenvalue weighted by atomic mass is 9.44. The summed E-state index contributed by atoms with van der Waals surface area (Å²) in [7, 11) is 0. The van der Waals surface area contributed by atoms with Gasteiger partial charge in [-0.1, -0.05) is 19.0 Å². The molecule has 0 heterocycles. The first-order chi connectivity index (χ1) is 5.90. The van der Waals surface area contributed by atoms with Gasteiger partial charge < -0.3 is 10.3 Å². The lowest BCUT2D eigenvalue weighted by Crippen LogP contribution is -2.64. The van der Waals surface area contributed by atoms with Crippen molar-refractivity contribution in [3.05, 3.63) is 0 Å². The van der Waals surface area contributed by atoms with Gasteiger partial charge in [0.1, 0.15) is 5.60 Å². The molecule has 3 aliphatic carbocycles. The van der Waals surface area contributed by atoms with Crippen molar-refractivity contribution in [1.82, 2.24) is 0 Å². The molecule has 13 heavy (non-hydrogen) atoms. The number of hydrogen-bond acceptors (Lipinski definition) is 3. The van der Waals surface area contributed by atoms with Crippen LogP contribution in [-0.4, -0.2) is 21.6 Å². The molecule has 0 aliphatic heterocycles. The molecule has 74 valence electrons. The van der Waals surface area contributed by atoms with E-state index in [1.54, 1.807) is 6.92 Å². The van der Waals surface area contributed by atoms with E-state index in [4.69, 9.17) is 5.21 Å². The van der Waals surface area contributed by atoms with Crippen LogP contribution in [0.2, 0.25) is 0 Å². The van der Waals surface area contributed by atoms with Crippen LogP contribution in [0, 0.1) is 17.3 Å². The minimum atomic E-state index is -0.896. The summed E-state index contributed by atoms with van der Waals surface area (Å²) in [6.45, 7) is 6.15. The fourth-order valence-electron chi connectivity index (χ4n) is 3.10. The molecule has 0 radical (unpaired) electrons. The van der Waals surface area contributed by atoms with Crippen molar-refractivity contribution in [1.29, 1.82) is 0 Å². The summed E-state index contributed by atoms with van der Waals surface area (Å²) in [5.41, 5.74) is -0.127. The van der Waals surface area contributed by atoms with Gasteiger partial charge in [0.15, 0.2) is 0 Å². The quantitative estimate of drug-likeness (QED) is 0.443. The molecule has 0 saturated heterocycles. The van der Waals surface area contributed by atoms with Gasteiger partial charge in [-0.05, 0) is 37.0 Å². The van der Waals surface area contributed by atoms with Crippen LogP contribution in [0.3, 0.4) is 0 Å². The summed E-state index contributed by atoms with van der Waals surface area (Å²) >= 11 is 0.